The van der Waals surface area contributed by atoms with Crippen LogP contribution < -0.4 is 10.6 Å². The fourth-order valence-electron chi connectivity index (χ4n) is 0.940. The van der Waals surface area contributed by atoms with Crippen molar-refractivity contribution in [1.29, 1.82) is 0 Å². The van der Waals surface area contributed by atoms with Gasteiger partial charge in [0.2, 0.25) is 5.91 Å². The van der Waals surface area contributed by atoms with Crippen molar-refractivity contribution < 1.29 is 9.53 Å². The molecule has 0 aromatic carbocycles. The van der Waals surface area contributed by atoms with E-state index in [0.717, 1.165) is 6.42 Å². The molecule has 0 rings (SSSR count). The van der Waals surface area contributed by atoms with Crippen molar-refractivity contribution in [3.05, 3.63) is 0 Å². The van der Waals surface area contributed by atoms with Crippen molar-refractivity contribution in [3.63, 3.8) is 0 Å². The van der Waals surface area contributed by atoms with Crippen molar-refractivity contribution in [2.75, 3.05) is 20.3 Å². The first-order valence-corrected chi connectivity index (χ1v) is 5.14. The Labute approximate surface area is 86.4 Å². The topological polar surface area (TPSA) is 50.4 Å². The molecular weight excluding hydrogens is 180 g/mol. The van der Waals surface area contributed by atoms with Crippen LogP contribution in [0.3, 0.4) is 0 Å². The first-order valence-electron chi connectivity index (χ1n) is 5.14. The number of carbonyl (C=O) groups is 1. The number of methoxy groups -OCH3 is 1. The van der Waals surface area contributed by atoms with Crippen molar-refractivity contribution in [2.45, 2.75) is 39.3 Å². The molecule has 2 unspecified atom stereocenters. The lowest BCUT2D eigenvalue weighted by Crippen LogP contribution is -2.46. The highest BCUT2D eigenvalue weighted by Gasteiger charge is 2.12. The molecule has 2 atom stereocenters. The van der Waals surface area contributed by atoms with Crippen LogP contribution in [0.15, 0.2) is 0 Å². The SMILES string of the molecule is CCC(C)NC(=O)C(C)NCCOC. The normalized spacial score (nSPS) is 14.9. The van der Waals surface area contributed by atoms with E-state index in [2.05, 4.69) is 10.6 Å². The molecule has 0 saturated carbocycles. The van der Waals surface area contributed by atoms with Crippen molar-refractivity contribution >= 4 is 5.91 Å². The van der Waals surface area contributed by atoms with E-state index in [1.807, 2.05) is 20.8 Å². The van der Waals surface area contributed by atoms with Gasteiger partial charge in [0.1, 0.15) is 0 Å². The average molecular weight is 202 g/mol. The molecule has 4 heteroatoms. The smallest absolute Gasteiger partial charge is 0.237 e. The maximum Gasteiger partial charge on any atom is 0.237 e. The van der Waals surface area contributed by atoms with Gasteiger partial charge < -0.3 is 15.4 Å². The third-order valence-electron chi connectivity index (χ3n) is 2.15. The Kier molecular flexibility index (Phi) is 7.42. The van der Waals surface area contributed by atoms with Gasteiger partial charge in [0.05, 0.1) is 12.6 Å². The summed E-state index contributed by atoms with van der Waals surface area (Å²) in [4.78, 5) is 11.5. The zero-order valence-corrected chi connectivity index (χ0v) is 9.59. The molecule has 4 nitrogen and oxygen atoms in total. The lowest BCUT2D eigenvalue weighted by atomic mass is 10.2. The van der Waals surface area contributed by atoms with Gasteiger partial charge in [0.25, 0.3) is 0 Å². The fraction of sp³-hybridized carbons (Fsp3) is 0.900. The second kappa shape index (κ2) is 7.76. The van der Waals surface area contributed by atoms with E-state index in [0.29, 0.717) is 13.2 Å². The molecule has 14 heavy (non-hydrogen) atoms. The molecule has 0 radical (unpaired) electrons. The van der Waals surface area contributed by atoms with Crippen molar-refractivity contribution in [2.24, 2.45) is 0 Å². The minimum atomic E-state index is -0.154. The maximum atomic E-state index is 11.5. The first-order chi connectivity index (χ1) is 6.61. The number of rotatable bonds is 7. The largest absolute Gasteiger partial charge is 0.383 e. The molecule has 0 bridgehead atoms. The Bertz CT molecular complexity index is 162. The summed E-state index contributed by atoms with van der Waals surface area (Å²) in [6, 6.07) is 0.0910. The van der Waals surface area contributed by atoms with Gasteiger partial charge in [-0.05, 0) is 20.3 Å². The van der Waals surface area contributed by atoms with Gasteiger partial charge in [0, 0.05) is 19.7 Å². The third-order valence-corrected chi connectivity index (χ3v) is 2.15. The summed E-state index contributed by atoms with van der Waals surface area (Å²) < 4.78 is 4.88. The van der Waals surface area contributed by atoms with E-state index in [-0.39, 0.29) is 18.0 Å². The zero-order chi connectivity index (χ0) is 11.0. The summed E-state index contributed by atoms with van der Waals surface area (Å²) >= 11 is 0. The van der Waals surface area contributed by atoms with Crippen LogP contribution >= 0.6 is 0 Å². The number of hydrogen-bond acceptors (Lipinski definition) is 3. The Morgan fingerprint density at radius 1 is 1.43 bits per heavy atom. The number of ether oxygens (including phenoxy) is 1. The highest BCUT2D eigenvalue weighted by Crippen LogP contribution is 1.90. The monoisotopic (exact) mass is 202 g/mol. The summed E-state index contributed by atoms with van der Waals surface area (Å²) in [5.41, 5.74) is 0. The van der Waals surface area contributed by atoms with Gasteiger partial charge in [-0.2, -0.15) is 0 Å². The summed E-state index contributed by atoms with van der Waals surface area (Å²) in [7, 11) is 1.64. The minimum absolute atomic E-state index is 0.0513. The van der Waals surface area contributed by atoms with Crippen LogP contribution in [0, 0.1) is 0 Å². The molecule has 0 saturated heterocycles. The second-order valence-electron chi connectivity index (χ2n) is 3.49. The summed E-state index contributed by atoms with van der Waals surface area (Å²) in [5.74, 6) is 0.0513. The molecule has 0 spiro atoms. The molecule has 1 amide bonds. The predicted molar refractivity (Wildman–Crippen MR) is 57.2 cm³/mol. The average Bonchev–Trinajstić information content (AvgIpc) is 2.17. The molecular formula is C10H22N2O2. The van der Waals surface area contributed by atoms with Crippen LogP contribution in [0.5, 0.6) is 0 Å². The molecule has 0 aromatic heterocycles. The predicted octanol–water partition coefficient (Wildman–Crippen LogP) is 0.526. The molecule has 0 heterocycles. The molecule has 0 aliphatic rings. The summed E-state index contributed by atoms with van der Waals surface area (Å²) in [6.07, 6.45) is 0.955. The molecule has 0 aliphatic heterocycles. The Balaban J connectivity index is 3.64. The maximum absolute atomic E-state index is 11.5. The zero-order valence-electron chi connectivity index (χ0n) is 9.59. The van der Waals surface area contributed by atoms with Gasteiger partial charge in [-0.15, -0.1) is 0 Å². The lowest BCUT2D eigenvalue weighted by Gasteiger charge is -2.17. The molecule has 2 N–H and O–H groups in total. The van der Waals surface area contributed by atoms with Gasteiger partial charge in [-0.25, -0.2) is 0 Å². The van der Waals surface area contributed by atoms with Gasteiger partial charge in [-0.3, -0.25) is 4.79 Å². The highest BCUT2D eigenvalue weighted by molar-refractivity contribution is 5.81. The molecule has 0 fully saturated rings. The summed E-state index contributed by atoms with van der Waals surface area (Å²) in [5, 5.41) is 5.99. The van der Waals surface area contributed by atoms with Gasteiger partial charge in [0.15, 0.2) is 0 Å². The third kappa shape index (κ3) is 5.94. The van der Waals surface area contributed by atoms with E-state index < -0.39 is 0 Å². The van der Waals surface area contributed by atoms with Crippen molar-refractivity contribution in [1.82, 2.24) is 10.6 Å². The van der Waals surface area contributed by atoms with E-state index in [1.54, 1.807) is 7.11 Å². The van der Waals surface area contributed by atoms with E-state index in [4.69, 9.17) is 4.74 Å². The van der Waals surface area contributed by atoms with Gasteiger partial charge >= 0.3 is 0 Å². The number of hydrogen-bond donors (Lipinski definition) is 2. The molecule has 84 valence electrons. The first kappa shape index (κ1) is 13.4. The quantitative estimate of drug-likeness (QED) is 0.592. The highest BCUT2D eigenvalue weighted by atomic mass is 16.5. The Hall–Kier alpha value is -0.610. The van der Waals surface area contributed by atoms with Crippen LogP contribution in [-0.4, -0.2) is 38.3 Å². The van der Waals surface area contributed by atoms with Crippen LogP contribution in [0.2, 0.25) is 0 Å². The number of nitrogens with one attached hydrogen (secondary N) is 2. The van der Waals surface area contributed by atoms with Crippen molar-refractivity contribution in [3.8, 4) is 0 Å². The van der Waals surface area contributed by atoms with Crippen LogP contribution in [-0.2, 0) is 9.53 Å². The molecule has 0 aromatic rings. The minimum Gasteiger partial charge on any atom is -0.383 e. The lowest BCUT2D eigenvalue weighted by molar-refractivity contribution is -0.123. The van der Waals surface area contributed by atoms with E-state index >= 15 is 0 Å². The number of carbonyl (C=O) groups excluding carboxylic acids is 1. The van der Waals surface area contributed by atoms with Crippen LogP contribution in [0.4, 0.5) is 0 Å². The van der Waals surface area contributed by atoms with Crippen LogP contribution in [0.25, 0.3) is 0 Å². The Morgan fingerprint density at radius 2 is 2.07 bits per heavy atom. The number of amides is 1. The van der Waals surface area contributed by atoms with Gasteiger partial charge in [-0.1, -0.05) is 6.92 Å². The van der Waals surface area contributed by atoms with E-state index in [1.165, 1.54) is 0 Å². The fourth-order valence-corrected chi connectivity index (χ4v) is 0.940. The molecule has 0 aliphatic carbocycles. The van der Waals surface area contributed by atoms with Crippen LogP contribution in [0.1, 0.15) is 27.2 Å². The Morgan fingerprint density at radius 3 is 2.57 bits per heavy atom. The second-order valence-corrected chi connectivity index (χ2v) is 3.49. The summed E-state index contributed by atoms with van der Waals surface area (Å²) in [6.45, 7) is 7.23. The van der Waals surface area contributed by atoms with E-state index in [9.17, 15) is 4.79 Å². The standard InChI is InChI=1S/C10H22N2O2/c1-5-8(2)12-10(13)9(3)11-6-7-14-4/h8-9,11H,5-7H2,1-4H3,(H,12,13).